The fraction of sp³-hybridized carbons (Fsp3) is 0. The molecule has 0 spiro atoms. The second-order valence-electron chi connectivity index (χ2n) is 0.105. The van der Waals surface area contributed by atoms with Crippen molar-refractivity contribution in [1.82, 2.24) is 0 Å². The van der Waals surface area contributed by atoms with Crippen LogP contribution in [0.15, 0.2) is 0 Å². The van der Waals surface area contributed by atoms with Crippen molar-refractivity contribution in [2.45, 2.75) is 0 Å². The minimum atomic E-state index is -0.250. The quantitative estimate of drug-likeness (QED) is 0.324. The first-order valence-corrected chi connectivity index (χ1v) is 0.494. The molecule has 0 radical (unpaired) electrons. The monoisotopic (exact) mass is 98.0 g/mol. The van der Waals surface area contributed by atoms with Gasteiger partial charge in [-0.05, 0) is 0 Å². The van der Waals surface area contributed by atoms with Gasteiger partial charge in [-0.15, -0.1) is 0 Å². The van der Waals surface area contributed by atoms with E-state index in [1.807, 2.05) is 0 Å². The molecule has 0 aliphatic carbocycles. The zero-order chi connectivity index (χ0) is 2.71. The number of hydrogen-bond acceptors (Lipinski definition) is 1. The Morgan fingerprint density at radius 2 is 1.60 bits per heavy atom. The Morgan fingerprint density at radius 1 is 1.60 bits per heavy atom. The molecule has 26 valence electrons. The number of carboxylic acid groups (broad SMARTS) is 1. The van der Waals surface area contributed by atoms with Gasteiger partial charge in [-0.25, -0.2) is 0 Å². The normalized spacial score (nSPS) is 2.40. The molecule has 0 aliphatic heterocycles. The molecule has 0 aromatic heterocycles. The van der Waals surface area contributed by atoms with Crippen molar-refractivity contribution in [2.24, 2.45) is 0 Å². The van der Waals surface area contributed by atoms with Crippen LogP contribution in [0.2, 0.25) is 0 Å². The zero-order valence-electron chi connectivity index (χ0n) is 6.85. The van der Waals surface area contributed by atoms with E-state index < -0.39 is 0 Å². The molecule has 1 N–H and O–H groups in total. The number of hydrogen-bond donors (Lipinski definition) is 1. The van der Waals surface area contributed by atoms with E-state index in [0.717, 1.165) is 0 Å². The Bertz CT molecular complexity index is 24.0. The maximum Gasteiger partial charge on any atom is 2.00 e. The molecule has 0 unspecified atom stereocenters. The average molecular weight is 98.7 g/mol. The third kappa shape index (κ3) is 44.9. The Morgan fingerprint density at radius 3 is 1.60 bits per heavy atom. The van der Waals surface area contributed by atoms with E-state index in [4.69, 9.17) is 9.90 Å². The molecular weight excluding hydrogens is 92.6 g/mol. The third-order valence-corrected chi connectivity index (χ3v) is 0. The second-order valence-corrected chi connectivity index (χ2v) is 0.105. The molecule has 0 saturated heterocycles. The maximum atomic E-state index is 8.36. The standard InChI is InChI=1S/CH2O2.2Mg.4H/c2-1-3;;;;;;/h1H,(H,2,3);;;;;;/q;2*+2;4*-1. The molecule has 0 fully saturated rings. The van der Waals surface area contributed by atoms with Crippen LogP contribution in [0, 0.1) is 0 Å². The van der Waals surface area contributed by atoms with E-state index in [-0.39, 0.29) is 58.3 Å². The predicted molar refractivity (Wildman–Crippen MR) is 24.6 cm³/mol. The van der Waals surface area contributed by atoms with Crippen molar-refractivity contribution in [3.63, 3.8) is 0 Å². The van der Waals surface area contributed by atoms with Crippen molar-refractivity contribution in [1.29, 1.82) is 0 Å². The molecule has 0 aromatic carbocycles. The van der Waals surface area contributed by atoms with Crippen LogP contribution in [0.25, 0.3) is 0 Å². The van der Waals surface area contributed by atoms with Gasteiger partial charge in [-0.2, -0.15) is 0 Å². The maximum absolute atomic E-state index is 8.36. The van der Waals surface area contributed by atoms with E-state index in [9.17, 15) is 0 Å². The van der Waals surface area contributed by atoms with Crippen molar-refractivity contribution in [3.05, 3.63) is 0 Å². The van der Waals surface area contributed by atoms with Crippen LogP contribution in [0.5, 0.6) is 0 Å². The SMILES string of the molecule is O=CO.[H-].[H-].[H-].[H-].[Mg+2].[Mg+2]. The third-order valence-electron chi connectivity index (χ3n) is 0. The first kappa shape index (κ1) is 16.7. The molecule has 0 atom stereocenters. The van der Waals surface area contributed by atoms with Gasteiger partial charge in [-0.1, -0.05) is 0 Å². The van der Waals surface area contributed by atoms with Gasteiger partial charge >= 0.3 is 46.1 Å². The summed E-state index contributed by atoms with van der Waals surface area (Å²) in [5.74, 6) is 0. The molecule has 0 aliphatic rings. The zero-order valence-corrected chi connectivity index (χ0v) is 5.68. The Balaban J connectivity index is -0.00000000133. The second kappa shape index (κ2) is 20.0. The van der Waals surface area contributed by atoms with Crippen LogP contribution in [-0.2, 0) is 4.79 Å². The van der Waals surface area contributed by atoms with Crippen LogP contribution >= 0.6 is 0 Å². The Kier molecular flexibility index (Phi) is 66.6. The van der Waals surface area contributed by atoms with E-state index >= 15 is 0 Å². The van der Waals surface area contributed by atoms with Gasteiger partial charge in [0.2, 0.25) is 0 Å². The van der Waals surface area contributed by atoms with Crippen molar-refractivity contribution in [2.75, 3.05) is 0 Å². The summed E-state index contributed by atoms with van der Waals surface area (Å²) in [7, 11) is 0. The van der Waals surface area contributed by atoms with Gasteiger partial charge in [0.1, 0.15) is 0 Å². The minimum absolute atomic E-state index is 0. The predicted octanol–water partition coefficient (Wildman–Crippen LogP) is -0.611. The molecule has 0 aromatic rings. The number of carbonyl (C=O) groups is 1. The van der Waals surface area contributed by atoms with Crippen LogP contribution in [0.3, 0.4) is 0 Å². The van der Waals surface area contributed by atoms with Gasteiger partial charge in [0.15, 0.2) is 0 Å². The largest absolute Gasteiger partial charge is 2.00 e. The molecule has 4 heteroatoms. The first-order chi connectivity index (χ1) is 1.41. The summed E-state index contributed by atoms with van der Waals surface area (Å²) in [5.41, 5.74) is 0. The smallest absolute Gasteiger partial charge is 1.00 e. The summed E-state index contributed by atoms with van der Waals surface area (Å²) in [5, 5.41) is 6.89. The van der Waals surface area contributed by atoms with Gasteiger partial charge in [-0.3, -0.25) is 4.79 Å². The Labute approximate surface area is 68.2 Å². The molecule has 0 heterocycles. The summed E-state index contributed by atoms with van der Waals surface area (Å²) >= 11 is 0. The molecule has 0 saturated carbocycles. The average Bonchev–Trinajstić information content (AvgIpc) is 0.918. The van der Waals surface area contributed by atoms with Gasteiger partial charge in [0.25, 0.3) is 6.47 Å². The summed E-state index contributed by atoms with van der Waals surface area (Å²) in [6.45, 7) is -0.250. The first-order valence-electron chi connectivity index (χ1n) is 0.494. The summed E-state index contributed by atoms with van der Waals surface area (Å²) in [4.78, 5) is 8.36. The summed E-state index contributed by atoms with van der Waals surface area (Å²) in [6.07, 6.45) is 0. The summed E-state index contributed by atoms with van der Waals surface area (Å²) in [6, 6.07) is 0. The van der Waals surface area contributed by atoms with Crippen LogP contribution < -0.4 is 0 Å². The van der Waals surface area contributed by atoms with E-state index in [0.29, 0.717) is 0 Å². The van der Waals surface area contributed by atoms with Crippen molar-refractivity contribution in [3.8, 4) is 0 Å². The Hall–Kier alpha value is 1.00. The molecule has 2 nitrogen and oxygen atoms in total. The molecule has 5 heavy (non-hydrogen) atoms. The van der Waals surface area contributed by atoms with Crippen molar-refractivity contribution >= 4 is 52.6 Å². The van der Waals surface area contributed by atoms with Gasteiger partial charge in [0.05, 0.1) is 0 Å². The van der Waals surface area contributed by atoms with E-state index in [2.05, 4.69) is 0 Å². The van der Waals surface area contributed by atoms with Crippen LogP contribution in [0.1, 0.15) is 5.71 Å². The van der Waals surface area contributed by atoms with Gasteiger partial charge in [0, 0.05) is 0 Å². The van der Waals surface area contributed by atoms with Crippen LogP contribution in [-0.4, -0.2) is 57.7 Å². The summed E-state index contributed by atoms with van der Waals surface area (Å²) < 4.78 is 0. The van der Waals surface area contributed by atoms with Crippen LogP contribution in [0.4, 0.5) is 0 Å². The fourth-order valence-electron chi connectivity index (χ4n) is 0. The number of rotatable bonds is 0. The molecular formula is CH6Mg2O2. The molecule has 0 amide bonds. The fourth-order valence-corrected chi connectivity index (χ4v) is 0. The molecule has 0 bridgehead atoms. The molecule has 0 rings (SSSR count). The van der Waals surface area contributed by atoms with E-state index in [1.54, 1.807) is 0 Å². The van der Waals surface area contributed by atoms with E-state index in [1.165, 1.54) is 0 Å². The van der Waals surface area contributed by atoms with Gasteiger partial charge < -0.3 is 10.8 Å². The van der Waals surface area contributed by atoms with Crippen molar-refractivity contribution < 1.29 is 15.6 Å². The minimum Gasteiger partial charge on any atom is -1.00 e. The topological polar surface area (TPSA) is 37.3 Å².